The third-order valence-electron chi connectivity index (χ3n) is 4.96. The summed E-state index contributed by atoms with van der Waals surface area (Å²) in [5.41, 5.74) is 0.906. The van der Waals surface area contributed by atoms with Crippen molar-refractivity contribution in [3.05, 3.63) is 29.8 Å². The lowest BCUT2D eigenvalue weighted by atomic mass is 10.1. The number of rotatable bonds is 6. The second-order valence-corrected chi connectivity index (χ2v) is 9.07. The molecule has 3 rings (SSSR count). The van der Waals surface area contributed by atoms with E-state index in [-0.39, 0.29) is 23.5 Å². The van der Waals surface area contributed by atoms with Gasteiger partial charge < -0.3 is 30.1 Å². The van der Waals surface area contributed by atoms with E-state index in [1.807, 2.05) is 0 Å². The first-order valence-electron chi connectivity index (χ1n) is 9.27. The first-order valence-corrected chi connectivity index (χ1v) is 11.2. The topological polar surface area (TPSA) is 117 Å². The molecule has 1 aromatic carbocycles. The Labute approximate surface area is 164 Å². The maximum atomic E-state index is 12.1. The van der Waals surface area contributed by atoms with Crippen molar-refractivity contribution in [2.24, 2.45) is 0 Å². The van der Waals surface area contributed by atoms with Gasteiger partial charge in [0.15, 0.2) is 9.84 Å². The summed E-state index contributed by atoms with van der Waals surface area (Å²) in [6.45, 7) is 3.23. The molecule has 2 heterocycles. The van der Waals surface area contributed by atoms with Gasteiger partial charge in [-0.15, -0.1) is 0 Å². The Morgan fingerprint density at radius 2 is 1.93 bits per heavy atom. The third-order valence-corrected chi connectivity index (χ3v) is 6.08. The van der Waals surface area contributed by atoms with Crippen LogP contribution in [0.25, 0.3) is 0 Å². The van der Waals surface area contributed by atoms with E-state index in [2.05, 4.69) is 10.6 Å². The number of hydrogen-bond donors (Lipinski definition) is 3. The molecule has 2 fully saturated rings. The minimum atomic E-state index is -3.21. The fourth-order valence-electron chi connectivity index (χ4n) is 3.21. The Bertz CT molecular complexity index is 764. The number of carbonyl (C=O) groups is 1. The summed E-state index contributed by atoms with van der Waals surface area (Å²) in [4.78, 5) is 14.1. The van der Waals surface area contributed by atoms with Crippen LogP contribution in [-0.2, 0) is 25.9 Å². The van der Waals surface area contributed by atoms with Gasteiger partial charge in [0.1, 0.15) is 6.10 Å². The van der Waals surface area contributed by atoms with Crippen molar-refractivity contribution in [3.8, 4) is 0 Å². The molecule has 0 spiro atoms. The molecule has 3 N–H and O–H groups in total. The van der Waals surface area contributed by atoms with Gasteiger partial charge in [-0.05, 0) is 17.7 Å². The van der Waals surface area contributed by atoms with Gasteiger partial charge in [0.05, 0.1) is 36.9 Å². The lowest BCUT2D eigenvalue weighted by Gasteiger charge is -2.27. The van der Waals surface area contributed by atoms with Crippen LogP contribution in [0.15, 0.2) is 29.2 Å². The molecule has 156 valence electrons. The van der Waals surface area contributed by atoms with Crippen molar-refractivity contribution in [1.82, 2.24) is 15.5 Å². The van der Waals surface area contributed by atoms with Crippen LogP contribution >= 0.6 is 0 Å². The van der Waals surface area contributed by atoms with Crippen LogP contribution < -0.4 is 10.6 Å². The number of benzene rings is 1. The van der Waals surface area contributed by atoms with Crippen LogP contribution in [0.2, 0.25) is 0 Å². The van der Waals surface area contributed by atoms with Crippen LogP contribution in [0.5, 0.6) is 0 Å². The largest absolute Gasteiger partial charge is 0.389 e. The number of sulfone groups is 1. The van der Waals surface area contributed by atoms with E-state index in [1.54, 1.807) is 29.2 Å². The zero-order chi connectivity index (χ0) is 20.1. The molecule has 9 nitrogen and oxygen atoms in total. The highest BCUT2D eigenvalue weighted by molar-refractivity contribution is 7.90. The number of ether oxygens (including phenoxy) is 2. The Morgan fingerprint density at radius 1 is 1.25 bits per heavy atom. The van der Waals surface area contributed by atoms with Crippen molar-refractivity contribution in [1.29, 1.82) is 0 Å². The highest BCUT2D eigenvalue weighted by atomic mass is 32.2. The zero-order valence-electron chi connectivity index (χ0n) is 15.8. The lowest BCUT2D eigenvalue weighted by molar-refractivity contribution is 0.0360. The van der Waals surface area contributed by atoms with E-state index >= 15 is 0 Å². The highest BCUT2D eigenvalue weighted by Crippen LogP contribution is 2.16. The fourth-order valence-corrected chi connectivity index (χ4v) is 3.84. The molecule has 0 aromatic heterocycles. The molecule has 2 amide bonds. The van der Waals surface area contributed by atoms with Gasteiger partial charge in [-0.2, -0.15) is 0 Å². The Kier molecular flexibility index (Phi) is 6.89. The maximum Gasteiger partial charge on any atom is 0.317 e. The zero-order valence-corrected chi connectivity index (χ0v) is 16.7. The van der Waals surface area contributed by atoms with Crippen LogP contribution in [0.4, 0.5) is 4.79 Å². The molecule has 0 radical (unpaired) electrons. The average molecular weight is 413 g/mol. The summed E-state index contributed by atoms with van der Waals surface area (Å²) in [7, 11) is -3.21. The standard InChI is InChI=1S/C18H27N3O6S/c1-28(24,25)14-4-2-13(3-5-14)10-19-15-12-27-16(17(15)22)11-20-18(23)21-6-8-26-9-7-21/h2-5,15-17,19,22H,6-12H2,1H3,(H,20,23). The monoisotopic (exact) mass is 413 g/mol. The number of nitrogens with zero attached hydrogens (tertiary/aromatic N) is 1. The second-order valence-electron chi connectivity index (χ2n) is 7.05. The van der Waals surface area contributed by atoms with Crippen LogP contribution in [0, 0.1) is 0 Å². The van der Waals surface area contributed by atoms with Gasteiger partial charge in [0.2, 0.25) is 0 Å². The van der Waals surface area contributed by atoms with E-state index in [0.717, 1.165) is 5.56 Å². The van der Waals surface area contributed by atoms with Gasteiger partial charge in [0, 0.05) is 32.4 Å². The number of morpholine rings is 1. The van der Waals surface area contributed by atoms with Crippen molar-refractivity contribution >= 4 is 15.9 Å². The molecular formula is C18H27N3O6S. The number of nitrogens with one attached hydrogen (secondary N) is 2. The van der Waals surface area contributed by atoms with Crippen molar-refractivity contribution in [2.45, 2.75) is 29.7 Å². The first kappa shape index (κ1) is 21.0. The maximum absolute atomic E-state index is 12.1. The first-order chi connectivity index (χ1) is 13.3. The number of urea groups is 1. The minimum absolute atomic E-state index is 0.179. The third kappa shape index (κ3) is 5.42. The van der Waals surface area contributed by atoms with Gasteiger partial charge in [-0.1, -0.05) is 12.1 Å². The van der Waals surface area contributed by atoms with Crippen LogP contribution in [0.3, 0.4) is 0 Å². The summed E-state index contributed by atoms with van der Waals surface area (Å²) in [6, 6.07) is 6.17. The molecule has 2 aliphatic heterocycles. The molecular weight excluding hydrogens is 386 g/mol. The van der Waals surface area contributed by atoms with Crippen LogP contribution in [-0.4, -0.2) is 88.4 Å². The summed E-state index contributed by atoms with van der Waals surface area (Å²) < 4.78 is 33.8. The van der Waals surface area contributed by atoms with Crippen molar-refractivity contribution in [2.75, 3.05) is 45.7 Å². The van der Waals surface area contributed by atoms with Crippen LogP contribution in [0.1, 0.15) is 5.56 Å². The summed E-state index contributed by atoms with van der Waals surface area (Å²) >= 11 is 0. The highest BCUT2D eigenvalue weighted by Gasteiger charge is 2.35. The lowest BCUT2D eigenvalue weighted by Crippen LogP contribution is -2.50. The molecule has 2 saturated heterocycles. The summed E-state index contributed by atoms with van der Waals surface area (Å²) in [5.74, 6) is 0. The molecule has 1 aromatic rings. The van der Waals surface area contributed by atoms with E-state index in [1.165, 1.54) is 6.26 Å². The van der Waals surface area contributed by atoms with E-state index < -0.39 is 22.0 Å². The quantitative estimate of drug-likeness (QED) is 0.567. The van der Waals surface area contributed by atoms with E-state index in [0.29, 0.717) is 39.5 Å². The Hall–Kier alpha value is -1.72. The predicted octanol–water partition coefficient (Wildman–Crippen LogP) is -0.650. The summed E-state index contributed by atoms with van der Waals surface area (Å²) in [5, 5.41) is 16.5. The summed E-state index contributed by atoms with van der Waals surface area (Å²) in [6.07, 6.45) is -0.0554. The molecule has 28 heavy (non-hydrogen) atoms. The normalized spacial score (nSPS) is 25.6. The van der Waals surface area contributed by atoms with Gasteiger partial charge in [0.25, 0.3) is 0 Å². The second kappa shape index (κ2) is 9.19. The number of amides is 2. The Balaban J connectivity index is 1.43. The molecule has 0 bridgehead atoms. The molecule has 2 aliphatic rings. The number of aliphatic hydroxyl groups excluding tert-OH is 1. The molecule has 10 heteroatoms. The number of aliphatic hydroxyl groups is 1. The molecule has 0 aliphatic carbocycles. The predicted molar refractivity (Wildman–Crippen MR) is 102 cm³/mol. The minimum Gasteiger partial charge on any atom is -0.389 e. The average Bonchev–Trinajstić information content (AvgIpc) is 3.04. The van der Waals surface area contributed by atoms with E-state index in [4.69, 9.17) is 9.47 Å². The van der Waals surface area contributed by atoms with Gasteiger partial charge in [-0.25, -0.2) is 13.2 Å². The smallest absolute Gasteiger partial charge is 0.317 e. The van der Waals surface area contributed by atoms with Gasteiger partial charge in [-0.3, -0.25) is 0 Å². The van der Waals surface area contributed by atoms with Crippen molar-refractivity contribution < 1.29 is 27.8 Å². The van der Waals surface area contributed by atoms with Crippen molar-refractivity contribution in [3.63, 3.8) is 0 Å². The number of hydrogen-bond acceptors (Lipinski definition) is 7. The molecule has 0 saturated carbocycles. The van der Waals surface area contributed by atoms with Gasteiger partial charge >= 0.3 is 6.03 Å². The Morgan fingerprint density at radius 3 is 2.57 bits per heavy atom. The molecule has 3 unspecified atom stereocenters. The SMILES string of the molecule is CS(=O)(=O)c1ccc(CNC2COC(CNC(=O)N3CCOCC3)C2O)cc1. The number of carbonyl (C=O) groups excluding carboxylic acids is 1. The molecule has 3 atom stereocenters. The fraction of sp³-hybridized carbons (Fsp3) is 0.611. The van der Waals surface area contributed by atoms with E-state index in [9.17, 15) is 18.3 Å².